The lowest BCUT2D eigenvalue weighted by atomic mass is 9.80. The molecular weight excluding hydrogens is 234 g/mol. The van der Waals surface area contributed by atoms with Gasteiger partial charge in [0.15, 0.2) is 0 Å². The smallest absolute Gasteiger partial charge is 0.248 e. The summed E-state index contributed by atoms with van der Waals surface area (Å²) in [7, 11) is 1.63. The first-order chi connectivity index (χ1) is 8.53. The number of rotatable bonds is 6. The summed E-state index contributed by atoms with van der Waals surface area (Å²) in [5, 5.41) is 10.5. The summed E-state index contributed by atoms with van der Waals surface area (Å²) in [5.41, 5.74) is -0.710. The lowest BCUT2D eigenvalue weighted by Gasteiger charge is -2.43. The van der Waals surface area contributed by atoms with Crippen molar-refractivity contribution in [2.75, 3.05) is 40.0 Å². The van der Waals surface area contributed by atoms with Gasteiger partial charge in [0.05, 0.1) is 5.60 Å². The summed E-state index contributed by atoms with van der Waals surface area (Å²) in [5.74, 6) is 0.0736. The Hall–Kier alpha value is -0.650. The van der Waals surface area contributed by atoms with Gasteiger partial charge in [-0.2, -0.15) is 0 Å². The van der Waals surface area contributed by atoms with Crippen molar-refractivity contribution < 1.29 is 19.4 Å². The molecular formula is C13H25NO4. The van der Waals surface area contributed by atoms with Crippen molar-refractivity contribution in [1.29, 1.82) is 0 Å². The Kier molecular flexibility index (Phi) is 6.05. The molecule has 2 atom stereocenters. The summed E-state index contributed by atoms with van der Waals surface area (Å²) in [6.45, 7) is 6.27. The van der Waals surface area contributed by atoms with Gasteiger partial charge in [-0.25, -0.2) is 0 Å². The van der Waals surface area contributed by atoms with E-state index in [0.717, 1.165) is 0 Å². The fourth-order valence-electron chi connectivity index (χ4n) is 2.32. The number of hydrogen-bond acceptors (Lipinski definition) is 4. The lowest BCUT2D eigenvalue weighted by Crippen LogP contribution is -2.53. The Morgan fingerprint density at radius 3 is 2.83 bits per heavy atom. The normalized spacial score (nSPS) is 28.4. The van der Waals surface area contributed by atoms with E-state index in [1.165, 1.54) is 0 Å². The first-order valence-electron chi connectivity index (χ1n) is 6.60. The summed E-state index contributed by atoms with van der Waals surface area (Å²) in [6.07, 6.45) is 1.23. The molecule has 0 spiro atoms. The van der Waals surface area contributed by atoms with Crippen LogP contribution in [0.4, 0.5) is 0 Å². The Morgan fingerprint density at radius 1 is 1.56 bits per heavy atom. The second-order valence-corrected chi connectivity index (χ2v) is 4.97. The van der Waals surface area contributed by atoms with E-state index in [4.69, 9.17) is 9.47 Å². The van der Waals surface area contributed by atoms with Crippen LogP contribution in [-0.4, -0.2) is 61.5 Å². The number of aliphatic hydroxyl groups is 1. The lowest BCUT2D eigenvalue weighted by molar-refractivity contribution is -0.145. The third-order valence-electron chi connectivity index (χ3n) is 3.75. The maximum atomic E-state index is 11.8. The van der Waals surface area contributed by atoms with Crippen molar-refractivity contribution >= 4 is 5.91 Å². The molecule has 0 saturated carbocycles. The maximum Gasteiger partial charge on any atom is 0.248 e. The highest BCUT2D eigenvalue weighted by molar-refractivity contribution is 5.77. The number of likely N-dealkylation sites (tertiary alicyclic amines) is 1. The molecule has 1 heterocycles. The predicted octanol–water partition coefficient (Wildman–Crippen LogP) is 0.659. The van der Waals surface area contributed by atoms with Crippen molar-refractivity contribution in [3.8, 4) is 0 Å². The molecule has 0 radical (unpaired) electrons. The third-order valence-corrected chi connectivity index (χ3v) is 3.75. The van der Waals surface area contributed by atoms with E-state index in [1.807, 2.05) is 13.8 Å². The molecule has 0 aromatic carbocycles. The second-order valence-electron chi connectivity index (χ2n) is 4.97. The minimum Gasteiger partial charge on any atom is -0.389 e. The molecule has 0 aromatic rings. The molecule has 0 unspecified atom stereocenters. The van der Waals surface area contributed by atoms with Gasteiger partial charge in [-0.05, 0) is 19.8 Å². The highest BCUT2D eigenvalue weighted by Crippen LogP contribution is 2.30. The highest BCUT2D eigenvalue weighted by Gasteiger charge is 2.39. The van der Waals surface area contributed by atoms with Gasteiger partial charge in [-0.3, -0.25) is 4.79 Å². The van der Waals surface area contributed by atoms with Crippen LogP contribution >= 0.6 is 0 Å². The SMILES string of the molecule is CCOCC(=O)N1CC[C@](O)(CCOC)[C@@H](C)C1. The number of piperidine rings is 1. The minimum atomic E-state index is -0.710. The van der Waals surface area contributed by atoms with Gasteiger partial charge in [0, 0.05) is 39.3 Å². The number of methoxy groups -OCH3 is 1. The summed E-state index contributed by atoms with van der Waals surface area (Å²) >= 11 is 0. The number of nitrogens with zero attached hydrogens (tertiary/aromatic N) is 1. The number of amides is 1. The van der Waals surface area contributed by atoms with Crippen molar-refractivity contribution in [3.05, 3.63) is 0 Å². The Labute approximate surface area is 109 Å². The molecule has 0 bridgehead atoms. The molecule has 1 aliphatic heterocycles. The van der Waals surface area contributed by atoms with E-state index in [0.29, 0.717) is 39.1 Å². The van der Waals surface area contributed by atoms with Crippen LogP contribution in [0.5, 0.6) is 0 Å². The van der Waals surface area contributed by atoms with Crippen molar-refractivity contribution in [2.24, 2.45) is 5.92 Å². The van der Waals surface area contributed by atoms with Crippen LogP contribution in [0.15, 0.2) is 0 Å². The fourth-order valence-corrected chi connectivity index (χ4v) is 2.32. The van der Waals surface area contributed by atoms with Crippen LogP contribution in [-0.2, 0) is 14.3 Å². The highest BCUT2D eigenvalue weighted by atomic mass is 16.5. The van der Waals surface area contributed by atoms with Crippen LogP contribution in [0.25, 0.3) is 0 Å². The van der Waals surface area contributed by atoms with Crippen molar-refractivity contribution in [2.45, 2.75) is 32.3 Å². The molecule has 1 rings (SSSR count). The van der Waals surface area contributed by atoms with Gasteiger partial charge in [0.1, 0.15) is 6.61 Å². The van der Waals surface area contributed by atoms with E-state index in [2.05, 4.69) is 0 Å². The second kappa shape index (κ2) is 7.07. The molecule has 5 heteroatoms. The van der Waals surface area contributed by atoms with Crippen LogP contribution in [0.3, 0.4) is 0 Å². The maximum absolute atomic E-state index is 11.8. The topological polar surface area (TPSA) is 59.0 Å². The van der Waals surface area contributed by atoms with Gasteiger partial charge >= 0.3 is 0 Å². The summed E-state index contributed by atoms with van der Waals surface area (Å²) in [4.78, 5) is 13.6. The van der Waals surface area contributed by atoms with Crippen molar-refractivity contribution in [1.82, 2.24) is 4.90 Å². The molecule has 1 saturated heterocycles. The molecule has 18 heavy (non-hydrogen) atoms. The van der Waals surface area contributed by atoms with E-state index in [-0.39, 0.29) is 18.4 Å². The van der Waals surface area contributed by atoms with Gasteiger partial charge in [-0.15, -0.1) is 0 Å². The quantitative estimate of drug-likeness (QED) is 0.761. The van der Waals surface area contributed by atoms with Gasteiger partial charge in [-0.1, -0.05) is 6.92 Å². The molecule has 1 N–H and O–H groups in total. The molecule has 0 aromatic heterocycles. The monoisotopic (exact) mass is 259 g/mol. The van der Waals surface area contributed by atoms with Crippen LogP contribution in [0.2, 0.25) is 0 Å². The minimum absolute atomic E-state index is 0.0116. The number of carbonyl (C=O) groups excluding carboxylic acids is 1. The molecule has 1 fully saturated rings. The first-order valence-corrected chi connectivity index (χ1v) is 6.60. The average Bonchev–Trinajstić information content (AvgIpc) is 2.37. The first kappa shape index (κ1) is 15.4. The Balaban J connectivity index is 2.47. The molecule has 1 aliphatic rings. The zero-order valence-corrected chi connectivity index (χ0v) is 11.6. The summed E-state index contributed by atoms with van der Waals surface area (Å²) in [6, 6.07) is 0. The average molecular weight is 259 g/mol. The number of carbonyl (C=O) groups is 1. The van der Waals surface area contributed by atoms with Crippen molar-refractivity contribution in [3.63, 3.8) is 0 Å². The fraction of sp³-hybridized carbons (Fsp3) is 0.923. The van der Waals surface area contributed by atoms with Crippen LogP contribution in [0, 0.1) is 5.92 Å². The van der Waals surface area contributed by atoms with Crippen LogP contribution < -0.4 is 0 Å². The number of ether oxygens (including phenoxy) is 2. The third kappa shape index (κ3) is 3.93. The Bertz CT molecular complexity index is 272. The van der Waals surface area contributed by atoms with Gasteiger partial charge < -0.3 is 19.5 Å². The van der Waals surface area contributed by atoms with E-state index < -0.39 is 5.60 Å². The van der Waals surface area contributed by atoms with E-state index >= 15 is 0 Å². The standard InChI is InChI=1S/C13H25NO4/c1-4-18-10-12(15)14-7-5-13(16,6-8-17-3)11(2)9-14/h11,16H,4-10H2,1-3H3/t11-,13-/m0/s1. The van der Waals surface area contributed by atoms with Gasteiger partial charge in [0.2, 0.25) is 5.91 Å². The van der Waals surface area contributed by atoms with Gasteiger partial charge in [0.25, 0.3) is 0 Å². The van der Waals surface area contributed by atoms with Crippen LogP contribution in [0.1, 0.15) is 26.7 Å². The molecule has 1 amide bonds. The zero-order chi connectivity index (χ0) is 13.6. The predicted molar refractivity (Wildman–Crippen MR) is 68.3 cm³/mol. The Morgan fingerprint density at radius 2 is 2.28 bits per heavy atom. The van der Waals surface area contributed by atoms with E-state index in [1.54, 1.807) is 12.0 Å². The van der Waals surface area contributed by atoms with E-state index in [9.17, 15) is 9.90 Å². The molecule has 5 nitrogen and oxygen atoms in total. The largest absolute Gasteiger partial charge is 0.389 e. The summed E-state index contributed by atoms with van der Waals surface area (Å²) < 4.78 is 10.2. The zero-order valence-electron chi connectivity index (χ0n) is 11.6. The molecule has 0 aliphatic carbocycles. The number of hydrogen-bond donors (Lipinski definition) is 1. The molecule has 106 valence electrons.